The van der Waals surface area contributed by atoms with Gasteiger partial charge in [-0.3, -0.25) is 9.71 Å². The Labute approximate surface area is 161 Å². The molecule has 27 heavy (non-hydrogen) atoms. The summed E-state index contributed by atoms with van der Waals surface area (Å²) in [4.78, 5) is 6.41. The van der Waals surface area contributed by atoms with Crippen molar-refractivity contribution in [1.82, 2.24) is 10.2 Å². The van der Waals surface area contributed by atoms with Crippen LogP contribution in [0.2, 0.25) is 0 Å². The van der Waals surface area contributed by atoms with E-state index in [1.54, 1.807) is 13.0 Å². The largest absolute Gasteiger partial charge is 0.381 e. The van der Waals surface area contributed by atoms with Crippen molar-refractivity contribution in [3.05, 3.63) is 29.6 Å². The number of sulfonamides is 1. The highest BCUT2D eigenvalue weighted by molar-refractivity contribution is 7.92. The minimum Gasteiger partial charge on any atom is -0.381 e. The van der Waals surface area contributed by atoms with Crippen LogP contribution in [0.1, 0.15) is 18.9 Å². The molecule has 2 rings (SSSR count). The van der Waals surface area contributed by atoms with E-state index in [2.05, 4.69) is 15.0 Å². The number of hydrogen-bond donors (Lipinski definition) is 2. The monoisotopic (exact) mass is 400 g/mol. The second-order valence-electron chi connectivity index (χ2n) is 6.73. The van der Waals surface area contributed by atoms with Crippen LogP contribution in [0.25, 0.3) is 0 Å². The average Bonchev–Trinajstić information content (AvgIpc) is 3.10. The number of nitrogens with zero attached hydrogens (tertiary/aromatic N) is 2. The zero-order chi connectivity index (χ0) is 19.9. The van der Waals surface area contributed by atoms with Gasteiger partial charge in [0.25, 0.3) is 0 Å². The van der Waals surface area contributed by atoms with Crippen molar-refractivity contribution in [2.24, 2.45) is 10.9 Å². The van der Waals surface area contributed by atoms with E-state index in [9.17, 15) is 12.8 Å². The summed E-state index contributed by atoms with van der Waals surface area (Å²) < 4.78 is 45.8. The van der Waals surface area contributed by atoms with Crippen molar-refractivity contribution in [1.29, 1.82) is 0 Å². The van der Waals surface area contributed by atoms with Gasteiger partial charge in [0.1, 0.15) is 5.82 Å². The lowest BCUT2D eigenvalue weighted by atomic mass is 10.1. The topological polar surface area (TPSA) is 83.0 Å². The first-order valence-electron chi connectivity index (χ1n) is 9.14. The summed E-state index contributed by atoms with van der Waals surface area (Å²) in [6.45, 7) is 6.73. The molecule has 0 aromatic heterocycles. The van der Waals surface area contributed by atoms with Crippen molar-refractivity contribution in [2.45, 2.75) is 20.3 Å². The fraction of sp³-hybridized carbons (Fsp3) is 0.611. The van der Waals surface area contributed by atoms with Crippen molar-refractivity contribution in [3.63, 3.8) is 0 Å². The highest BCUT2D eigenvalue weighted by Gasteiger charge is 2.19. The molecule has 0 bridgehead atoms. The van der Waals surface area contributed by atoms with Gasteiger partial charge in [0, 0.05) is 32.7 Å². The smallest absolute Gasteiger partial charge is 0.234 e. The highest BCUT2D eigenvalue weighted by atomic mass is 32.2. The molecule has 1 aromatic carbocycles. The molecule has 1 aliphatic heterocycles. The quantitative estimate of drug-likeness (QED) is 0.514. The molecule has 1 aliphatic rings. The average molecular weight is 401 g/mol. The molecule has 0 aliphatic carbocycles. The number of halogens is 1. The van der Waals surface area contributed by atoms with Gasteiger partial charge in [-0.25, -0.2) is 12.8 Å². The number of ether oxygens (including phenoxy) is 1. The molecule has 1 saturated heterocycles. The normalized spacial score (nSPS) is 17.8. The lowest BCUT2D eigenvalue weighted by Gasteiger charge is -2.24. The lowest BCUT2D eigenvalue weighted by molar-refractivity contribution is 0.181. The van der Waals surface area contributed by atoms with Crippen LogP contribution >= 0.6 is 0 Å². The molecule has 1 fully saturated rings. The molecule has 0 amide bonds. The molecule has 152 valence electrons. The summed E-state index contributed by atoms with van der Waals surface area (Å²) in [6, 6.07) is 4.26. The van der Waals surface area contributed by atoms with Crippen LogP contribution in [0.5, 0.6) is 0 Å². The van der Waals surface area contributed by atoms with Crippen LogP contribution in [0.4, 0.5) is 10.1 Å². The number of benzene rings is 1. The molecule has 1 unspecified atom stereocenters. The van der Waals surface area contributed by atoms with Crippen molar-refractivity contribution in [2.75, 3.05) is 50.4 Å². The summed E-state index contributed by atoms with van der Waals surface area (Å²) in [5.74, 6) is 0.499. The first kappa shape index (κ1) is 21.4. The first-order chi connectivity index (χ1) is 12.8. The zero-order valence-electron chi connectivity index (χ0n) is 16.2. The van der Waals surface area contributed by atoms with Gasteiger partial charge in [-0.1, -0.05) is 6.07 Å². The van der Waals surface area contributed by atoms with Gasteiger partial charge in [-0.15, -0.1) is 0 Å². The van der Waals surface area contributed by atoms with Gasteiger partial charge in [0.05, 0.1) is 24.6 Å². The maximum atomic E-state index is 13.6. The molecular formula is C18H29FN4O3S. The molecule has 7 nitrogen and oxygen atoms in total. The second kappa shape index (κ2) is 9.89. The van der Waals surface area contributed by atoms with Crippen LogP contribution in [-0.4, -0.2) is 64.9 Å². The van der Waals surface area contributed by atoms with Crippen LogP contribution < -0.4 is 10.0 Å². The van der Waals surface area contributed by atoms with E-state index >= 15 is 0 Å². The first-order valence-corrected chi connectivity index (χ1v) is 10.8. The van der Waals surface area contributed by atoms with Crippen molar-refractivity contribution < 1.29 is 17.5 Å². The van der Waals surface area contributed by atoms with Crippen LogP contribution in [-0.2, 0) is 14.8 Å². The lowest BCUT2D eigenvalue weighted by Crippen LogP contribution is -2.41. The van der Waals surface area contributed by atoms with Gasteiger partial charge < -0.3 is 15.0 Å². The van der Waals surface area contributed by atoms with E-state index in [-0.39, 0.29) is 18.0 Å². The van der Waals surface area contributed by atoms with Crippen molar-refractivity contribution >= 4 is 21.7 Å². The Hall–Kier alpha value is -1.87. The fourth-order valence-electron chi connectivity index (χ4n) is 2.83. The maximum absolute atomic E-state index is 13.6. The Bertz CT molecular complexity index is 749. The standard InChI is InChI=1S/C18H29FN4O3S/c1-4-20-18(23(3)12-15-7-9-26-13-15)21-8-10-27(24,25)22-16-6-5-14(2)17(19)11-16/h5-6,11,15,22H,4,7-10,12-13H2,1-3H3,(H,20,21). The summed E-state index contributed by atoms with van der Waals surface area (Å²) in [7, 11) is -1.68. The molecule has 1 heterocycles. The molecular weight excluding hydrogens is 371 g/mol. The number of aryl methyl sites for hydroxylation is 1. The van der Waals surface area contributed by atoms with Crippen molar-refractivity contribution in [3.8, 4) is 0 Å². The van der Waals surface area contributed by atoms with Gasteiger partial charge in [-0.05, 0) is 38.0 Å². The van der Waals surface area contributed by atoms with Gasteiger partial charge in [0.15, 0.2) is 5.96 Å². The SMILES string of the molecule is CCNC(=NCCS(=O)(=O)Nc1ccc(C)c(F)c1)N(C)CC1CCOC1. The summed E-state index contributed by atoms with van der Waals surface area (Å²) in [6.07, 6.45) is 1.02. The zero-order valence-corrected chi connectivity index (χ0v) is 17.0. The summed E-state index contributed by atoms with van der Waals surface area (Å²) in [5, 5.41) is 3.18. The number of anilines is 1. The fourth-order valence-corrected chi connectivity index (χ4v) is 3.75. The number of hydrogen-bond acceptors (Lipinski definition) is 4. The molecule has 2 N–H and O–H groups in total. The van der Waals surface area contributed by atoms with Gasteiger partial charge in [-0.2, -0.15) is 0 Å². The van der Waals surface area contributed by atoms with E-state index in [0.717, 1.165) is 26.2 Å². The third-order valence-electron chi connectivity index (χ3n) is 4.32. The van der Waals surface area contributed by atoms with Gasteiger partial charge >= 0.3 is 0 Å². The van der Waals surface area contributed by atoms with Crippen LogP contribution in [0, 0.1) is 18.7 Å². The molecule has 0 radical (unpaired) electrons. The third kappa shape index (κ3) is 6.99. The van der Waals surface area contributed by atoms with Gasteiger partial charge in [0.2, 0.25) is 10.0 Å². The molecule has 1 aromatic rings. The Morgan fingerprint density at radius 2 is 2.22 bits per heavy atom. The Kier molecular flexibility index (Phi) is 7.85. The predicted octanol–water partition coefficient (Wildman–Crippen LogP) is 1.81. The predicted molar refractivity (Wildman–Crippen MR) is 106 cm³/mol. The highest BCUT2D eigenvalue weighted by Crippen LogP contribution is 2.15. The molecule has 9 heteroatoms. The van der Waals surface area contributed by atoms with Crippen LogP contribution in [0.15, 0.2) is 23.2 Å². The van der Waals surface area contributed by atoms with Crippen LogP contribution in [0.3, 0.4) is 0 Å². The third-order valence-corrected chi connectivity index (χ3v) is 5.59. The molecule has 1 atom stereocenters. The maximum Gasteiger partial charge on any atom is 0.234 e. The Morgan fingerprint density at radius 3 is 2.85 bits per heavy atom. The summed E-state index contributed by atoms with van der Waals surface area (Å²) >= 11 is 0. The van der Waals surface area contributed by atoms with E-state index in [0.29, 0.717) is 24.0 Å². The Morgan fingerprint density at radius 1 is 1.44 bits per heavy atom. The van der Waals surface area contributed by atoms with E-state index in [4.69, 9.17) is 4.74 Å². The minimum absolute atomic E-state index is 0.109. The molecule has 0 spiro atoms. The Balaban J connectivity index is 1.92. The minimum atomic E-state index is -3.61. The van der Waals surface area contributed by atoms with E-state index < -0.39 is 15.8 Å². The second-order valence-corrected chi connectivity index (χ2v) is 8.57. The van der Waals surface area contributed by atoms with E-state index in [1.165, 1.54) is 12.1 Å². The number of nitrogens with one attached hydrogen (secondary N) is 2. The summed E-state index contributed by atoms with van der Waals surface area (Å²) in [5.41, 5.74) is 0.681. The number of rotatable bonds is 8. The molecule has 0 saturated carbocycles. The number of aliphatic imine (C=N–C) groups is 1. The number of guanidine groups is 1. The van der Waals surface area contributed by atoms with E-state index in [1.807, 2.05) is 18.9 Å².